The highest BCUT2D eigenvalue weighted by molar-refractivity contribution is 5.52. The molecular weight excluding hydrogens is 260 g/mol. The Balaban J connectivity index is 1.93. The summed E-state index contributed by atoms with van der Waals surface area (Å²) < 4.78 is 0. The SMILES string of the molecule is CCCNCc1cnccc1N1CCN(CC(C)C)CC1. The fourth-order valence-electron chi connectivity index (χ4n) is 2.95. The van der Waals surface area contributed by atoms with Crippen LogP contribution in [0.15, 0.2) is 18.5 Å². The van der Waals surface area contributed by atoms with E-state index in [4.69, 9.17) is 0 Å². The maximum Gasteiger partial charge on any atom is 0.0443 e. The van der Waals surface area contributed by atoms with Crippen molar-refractivity contribution in [3.05, 3.63) is 24.0 Å². The molecule has 1 aromatic heterocycles. The molecule has 0 aromatic carbocycles. The van der Waals surface area contributed by atoms with Crippen LogP contribution in [0.4, 0.5) is 5.69 Å². The zero-order chi connectivity index (χ0) is 15.1. The van der Waals surface area contributed by atoms with E-state index in [1.165, 1.54) is 37.3 Å². The van der Waals surface area contributed by atoms with Gasteiger partial charge in [0.2, 0.25) is 0 Å². The van der Waals surface area contributed by atoms with E-state index in [1.807, 2.05) is 12.4 Å². The van der Waals surface area contributed by atoms with E-state index in [9.17, 15) is 0 Å². The molecule has 0 atom stereocenters. The Hall–Kier alpha value is -1.13. The van der Waals surface area contributed by atoms with E-state index in [1.54, 1.807) is 0 Å². The summed E-state index contributed by atoms with van der Waals surface area (Å²) in [5.41, 5.74) is 2.68. The highest BCUT2D eigenvalue weighted by Gasteiger charge is 2.19. The third kappa shape index (κ3) is 4.97. The Bertz CT molecular complexity index is 411. The number of nitrogens with zero attached hydrogens (tertiary/aromatic N) is 3. The molecule has 21 heavy (non-hydrogen) atoms. The van der Waals surface area contributed by atoms with Gasteiger partial charge in [-0.25, -0.2) is 0 Å². The Kier molecular flexibility index (Phi) is 6.46. The molecule has 2 heterocycles. The number of hydrogen-bond acceptors (Lipinski definition) is 4. The summed E-state index contributed by atoms with van der Waals surface area (Å²) in [7, 11) is 0. The standard InChI is InChI=1S/C17H30N4/c1-4-6-18-12-16-13-19-7-5-17(16)21-10-8-20(9-11-21)14-15(2)3/h5,7,13,15,18H,4,6,8-12,14H2,1-3H3. The number of rotatable bonds is 7. The van der Waals surface area contributed by atoms with Gasteiger partial charge in [0, 0.05) is 62.9 Å². The van der Waals surface area contributed by atoms with Crippen LogP contribution >= 0.6 is 0 Å². The summed E-state index contributed by atoms with van der Waals surface area (Å²) >= 11 is 0. The van der Waals surface area contributed by atoms with Gasteiger partial charge in [-0.05, 0) is 24.9 Å². The van der Waals surface area contributed by atoms with Gasteiger partial charge in [0.15, 0.2) is 0 Å². The molecule has 1 fully saturated rings. The second-order valence-electron chi connectivity index (χ2n) is 6.36. The Morgan fingerprint density at radius 1 is 1.24 bits per heavy atom. The predicted molar refractivity (Wildman–Crippen MR) is 89.7 cm³/mol. The minimum atomic E-state index is 0.756. The second-order valence-corrected chi connectivity index (χ2v) is 6.36. The first-order valence-corrected chi connectivity index (χ1v) is 8.31. The normalized spacial score (nSPS) is 16.7. The lowest BCUT2D eigenvalue weighted by atomic mass is 10.1. The van der Waals surface area contributed by atoms with Crippen molar-refractivity contribution >= 4 is 5.69 Å². The summed E-state index contributed by atoms with van der Waals surface area (Å²) in [5, 5.41) is 3.49. The summed E-state index contributed by atoms with van der Waals surface area (Å²) in [5.74, 6) is 0.756. The van der Waals surface area contributed by atoms with Crippen molar-refractivity contribution in [1.82, 2.24) is 15.2 Å². The Labute approximate surface area is 129 Å². The molecule has 0 bridgehead atoms. The van der Waals surface area contributed by atoms with Gasteiger partial charge in [-0.2, -0.15) is 0 Å². The maximum atomic E-state index is 4.30. The van der Waals surface area contributed by atoms with Gasteiger partial charge >= 0.3 is 0 Å². The molecule has 1 saturated heterocycles. The largest absolute Gasteiger partial charge is 0.369 e. The lowest BCUT2D eigenvalue weighted by molar-refractivity contribution is 0.231. The van der Waals surface area contributed by atoms with Crippen LogP contribution in [-0.2, 0) is 6.54 Å². The molecule has 0 amide bonds. The summed E-state index contributed by atoms with van der Waals surface area (Å²) in [6.45, 7) is 14.6. The molecule has 1 N–H and O–H groups in total. The van der Waals surface area contributed by atoms with Gasteiger partial charge in [0.1, 0.15) is 0 Å². The first-order valence-electron chi connectivity index (χ1n) is 8.31. The van der Waals surface area contributed by atoms with Crippen LogP contribution in [0.3, 0.4) is 0 Å². The summed E-state index contributed by atoms with van der Waals surface area (Å²) in [6.07, 6.45) is 5.10. The molecule has 4 nitrogen and oxygen atoms in total. The minimum Gasteiger partial charge on any atom is -0.369 e. The lowest BCUT2D eigenvalue weighted by Gasteiger charge is -2.37. The number of nitrogens with one attached hydrogen (secondary N) is 1. The topological polar surface area (TPSA) is 31.4 Å². The zero-order valence-corrected chi connectivity index (χ0v) is 13.8. The monoisotopic (exact) mass is 290 g/mol. The average Bonchev–Trinajstić information content (AvgIpc) is 2.48. The molecule has 118 valence electrons. The van der Waals surface area contributed by atoms with Crippen LogP contribution in [0.5, 0.6) is 0 Å². The molecule has 0 radical (unpaired) electrons. The van der Waals surface area contributed by atoms with Crippen molar-refractivity contribution in [3.8, 4) is 0 Å². The molecule has 0 aliphatic carbocycles. The van der Waals surface area contributed by atoms with Gasteiger partial charge < -0.3 is 10.2 Å². The maximum absolute atomic E-state index is 4.30. The van der Waals surface area contributed by atoms with Crippen LogP contribution in [0.1, 0.15) is 32.8 Å². The van der Waals surface area contributed by atoms with Crippen molar-refractivity contribution in [2.45, 2.75) is 33.7 Å². The van der Waals surface area contributed by atoms with Crippen LogP contribution in [0, 0.1) is 5.92 Å². The van der Waals surface area contributed by atoms with Gasteiger partial charge in [-0.15, -0.1) is 0 Å². The zero-order valence-electron chi connectivity index (χ0n) is 13.8. The molecule has 1 aromatic rings. The third-order valence-electron chi connectivity index (χ3n) is 3.96. The Morgan fingerprint density at radius 2 is 2.00 bits per heavy atom. The van der Waals surface area contributed by atoms with E-state index in [0.717, 1.165) is 32.1 Å². The smallest absolute Gasteiger partial charge is 0.0443 e. The fraction of sp³-hybridized carbons (Fsp3) is 0.706. The van der Waals surface area contributed by atoms with E-state index in [0.29, 0.717) is 0 Å². The minimum absolute atomic E-state index is 0.756. The fourth-order valence-corrected chi connectivity index (χ4v) is 2.95. The van der Waals surface area contributed by atoms with Gasteiger partial charge in [0.25, 0.3) is 0 Å². The number of aromatic nitrogens is 1. The van der Waals surface area contributed by atoms with Crippen molar-refractivity contribution in [1.29, 1.82) is 0 Å². The summed E-state index contributed by atoms with van der Waals surface area (Å²) in [6, 6.07) is 2.17. The van der Waals surface area contributed by atoms with Crippen molar-refractivity contribution in [3.63, 3.8) is 0 Å². The van der Waals surface area contributed by atoms with Crippen molar-refractivity contribution < 1.29 is 0 Å². The molecule has 2 rings (SSSR count). The number of piperazine rings is 1. The molecule has 4 heteroatoms. The van der Waals surface area contributed by atoms with Gasteiger partial charge in [-0.1, -0.05) is 20.8 Å². The average molecular weight is 290 g/mol. The van der Waals surface area contributed by atoms with Crippen LogP contribution < -0.4 is 10.2 Å². The first-order chi connectivity index (χ1) is 10.2. The van der Waals surface area contributed by atoms with Gasteiger partial charge in [-0.3, -0.25) is 9.88 Å². The van der Waals surface area contributed by atoms with E-state index in [-0.39, 0.29) is 0 Å². The molecule has 0 unspecified atom stereocenters. The number of hydrogen-bond donors (Lipinski definition) is 1. The Morgan fingerprint density at radius 3 is 2.67 bits per heavy atom. The second kappa shape index (κ2) is 8.35. The molecular formula is C17H30N4. The number of anilines is 1. The molecule has 1 aliphatic rings. The summed E-state index contributed by atoms with van der Waals surface area (Å²) in [4.78, 5) is 9.39. The number of pyridine rings is 1. The first kappa shape index (κ1) is 16.2. The molecule has 0 spiro atoms. The van der Waals surface area contributed by atoms with Gasteiger partial charge in [0.05, 0.1) is 0 Å². The molecule has 1 aliphatic heterocycles. The molecule has 0 saturated carbocycles. The lowest BCUT2D eigenvalue weighted by Crippen LogP contribution is -2.47. The van der Waals surface area contributed by atoms with Crippen molar-refractivity contribution in [2.75, 3.05) is 44.2 Å². The quantitative estimate of drug-likeness (QED) is 0.781. The van der Waals surface area contributed by atoms with E-state index < -0.39 is 0 Å². The van der Waals surface area contributed by atoms with Crippen LogP contribution in [0.25, 0.3) is 0 Å². The highest BCUT2D eigenvalue weighted by atomic mass is 15.3. The highest BCUT2D eigenvalue weighted by Crippen LogP contribution is 2.21. The van der Waals surface area contributed by atoms with Crippen molar-refractivity contribution in [2.24, 2.45) is 5.92 Å². The third-order valence-corrected chi connectivity index (χ3v) is 3.96. The van der Waals surface area contributed by atoms with E-state index >= 15 is 0 Å². The predicted octanol–water partition coefficient (Wildman–Crippen LogP) is 2.36. The van der Waals surface area contributed by atoms with Crippen LogP contribution in [0.2, 0.25) is 0 Å². The van der Waals surface area contributed by atoms with E-state index in [2.05, 4.69) is 46.9 Å². The van der Waals surface area contributed by atoms with Crippen LogP contribution in [-0.4, -0.2) is 49.2 Å².